The van der Waals surface area contributed by atoms with Crippen molar-refractivity contribution in [2.75, 3.05) is 18.2 Å². The fourth-order valence-corrected chi connectivity index (χ4v) is 5.74. The molecule has 2 aromatic heterocycles. The third-order valence-corrected chi connectivity index (χ3v) is 7.88. The summed E-state index contributed by atoms with van der Waals surface area (Å²) in [5.41, 5.74) is 6.83. The van der Waals surface area contributed by atoms with Crippen LogP contribution < -0.4 is 10.8 Å². The van der Waals surface area contributed by atoms with Gasteiger partial charge in [-0.3, -0.25) is 19.0 Å². The molecule has 5 aromatic rings. The maximum Gasteiger partial charge on any atom is 0.274 e. The molecule has 3 aromatic carbocycles. The first kappa shape index (κ1) is 25.4. The number of fused-ring (bicyclic) bond motifs is 2. The second-order valence-corrected chi connectivity index (χ2v) is 10.6. The van der Waals surface area contributed by atoms with E-state index in [1.165, 1.54) is 48.7 Å². The molecule has 0 unspecified atom stereocenters. The van der Waals surface area contributed by atoms with Gasteiger partial charge in [0.15, 0.2) is 10.8 Å². The normalized spacial score (nSPS) is 13.1. The smallest absolute Gasteiger partial charge is 0.274 e. The molecule has 8 nitrogen and oxygen atoms in total. The maximum atomic E-state index is 12.9. The van der Waals surface area contributed by atoms with E-state index in [1.807, 2.05) is 18.2 Å². The monoisotopic (exact) mass is 557 g/mol. The van der Waals surface area contributed by atoms with Gasteiger partial charge in [0.25, 0.3) is 5.91 Å². The lowest BCUT2D eigenvalue weighted by Gasteiger charge is -2.15. The van der Waals surface area contributed by atoms with Crippen molar-refractivity contribution in [2.45, 2.75) is 23.9 Å². The summed E-state index contributed by atoms with van der Waals surface area (Å²) in [4.78, 5) is 38.7. The zero-order valence-electron chi connectivity index (χ0n) is 21.0. The maximum absolute atomic E-state index is 12.9. The molecule has 6 rings (SSSR count). The molecule has 39 heavy (non-hydrogen) atoms. The lowest BCUT2D eigenvalue weighted by atomic mass is 9.99. The van der Waals surface area contributed by atoms with Crippen LogP contribution >= 0.6 is 23.4 Å². The number of nitrogens with one attached hydrogen (secondary N) is 2. The van der Waals surface area contributed by atoms with Gasteiger partial charge in [-0.25, -0.2) is 15.4 Å². The number of carbonyl (C=O) groups excluding carboxylic acids is 2. The van der Waals surface area contributed by atoms with Crippen LogP contribution in [0.1, 0.15) is 34.7 Å². The Kier molecular flexibility index (Phi) is 6.95. The van der Waals surface area contributed by atoms with E-state index < -0.39 is 5.91 Å². The van der Waals surface area contributed by atoms with Crippen LogP contribution in [0.2, 0.25) is 5.02 Å². The van der Waals surface area contributed by atoms with E-state index in [-0.39, 0.29) is 16.7 Å². The van der Waals surface area contributed by atoms with E-state index >= 15 is 0 Å². The highest BCUT2D eigenvalue weighted by molar-refractivity contribution is 7.99. The highest BCUT2D eigenvalue weighted by Crippen LogP contribution is 2.44. The van der Waals surface area contributed by atoms with Crippen LogP contribution in [0.4, 0.5) is 5.69 Å². The molecular formula is C29H24ClN5O3S. The van der Waals surface area contributed by atoms with E-state index in [4.69, 9.17) is 16.6 Å². The topological polar surface area (TPSA) is 98.1 Å². The molecular weight excluding hydrogens is 534 g/mol. The Morgan fingerprint density at radius 2 is 1.90 bits per heavy atom. The van der Waals surface area contributed by atoms with Gasteiger partial charge in [-0.05, 0) is 66.1 Å². The summed E-state index contributed by atoms with van der Waals surface area (Å²) in [6, 6.07) is 21.3. The lowest BCUT2D eigenvalue weighted by molar-refractivity contribution is -0.113. The van der Waals surface area contributed by atoms with Gasteiger partial charge in [0.05, 0.1) is 34.8 Å². The van der Waals surface area contributed by atoms with E-state index in [0.717, 1.165) is 16.6 Å². The van der Waals surface area contributed by atoms with Crippen molar-refractivity contribution in [1.82, 2.24) is 20.0 Å². The number of benzene rings is 3. The summed E-state index contributed by atoms with van der Waals surface area (Å²) < 4.78 is 2.08. The van der Waals surface area contributed by atoms with E-state index in [2.05, 4.69) is 55.5 Å². The van der Waals surface area contributed by atoms with E-state index in [1.54, 1.807) is 18.3 Å². The number of amides is 2. The molecule has 2 amide bonds. The Hall–Kier alpha value is -3.92. The Morgan fingerprint density at radius 3 is 2.67 bits per heavy atom. The number of hydrogen-bond acceptors (Lipinski definition) is 6. The number of imidazole rings is 1. The number of carbonyl (C=O) groups is 2. The van der Waals surface area contributed by atoms with Crippen molar-refractivity contribution in [1.29, 1.82) is 0 Å². The second kappa shape index (κ2) is 10.7. The van der Waals surface area contributed by atoms with Gasteiger partial charge in [-0.15, -0.1) is 0 Å². The molecule has 2 heterocycles. The Bertz CT molecular complexity index is 1730. The first-order chi connectivity index (χ1) is 19.0. The van der Waals surface area contributed by atoms with Crippen molar-refractivity contribution in [3.05, 3.63) is 89.1 Å². The number of nitrogens with zero attached hydrogens (tertiary/aromatic N) is 3. The van der Waals surface area contributed by atoms with Crippen LogP contribution in [0.5, 0.6) is 0 Å². The molecule has 196 valence electrons. The summed E-state index contributed by atoms with van der Waals surface area (Å²) in [6.45, 7) is 0. The van der Waals surface area contributed by atoms with Gasteiger partial charge in [0.2, 0.25) is 5.91 Å². The Balaban J connectivity index is 1.28. The van der Waals surface area contributed by atoms with Crippen molar-refractivity contribution in [2.24, 2.45) is 0 Å². The molecule has 0 bridgehead atoms. The molecule has 1 saturated carbocycles. The van der Waals surface area contributed by atoms with E-state index in [9.17, 15) is 9.59 Å². The fraction of sp³-hybridized carbons (Fsp3) is 0.172. The van der Waals surface area contributed by atoms with Crippen LogP contribution in [-0.2, 0) is 9.63 Å². The lowest BCUT2D eigenvalue weighted by Crippen LogP contribution is -2.22. The minimum absolute atomic E-state index is 0.101. The summed E-state index contributed by atoms with van der Waals surface area (Å²) >= 11 is 7.64. The summed E-state index contributed by atoms with van der Waals surface area (Å²) in [6.07, 6.45) is 4.17. The SMILES string of the molecule is CONC(=O)c1ccc(NC(=O)CSc2nc3ncccc3n2-c2ccc(C3CC3)c3ccccc23)c(Cl)c1. The Morgan fingerprint density at radius 1 is 1.08 bits per heavy atom. The number of pyridine rings is 1. The minimum Gasteiger partial charge on any atom is -0.324 e. The highest BCUT2D eigenvalue weighted by atomic mass is 35.5. The number of hydroxylamine groups is 1. The standard InChI is InChI=1S/C29H24ClN5O3S/c1-38-34-28(37)18-10-12-23(22(30)15-18)32-26(36)16-39-29-33-27-25(7-4-14-31-27)35(29)24-13-11-19(17-8-9-17)20-5-2-3-6-21(20)24/h2-7,10-15,17H,8-9,16H2,1H3,(H,32,36)(H,34,37). The molecule has 0 spiro atoms. The van der Waals surface area contributed by atoms with Gasteiger partial charge in [0.1, 0.15) is 0 Å². The first-order valence-electron chi connectivity index (χ1n) is 12.4. The van der Waals surface area contributed by atoms with Crippen LogP contribution in [0.3, 0.4) is 0 Å². The van der Waals surface area contributed by atoms with Crippen molar-refractivity contribution in [3.8, 4) is 5.69 Å². The molecule has 2 N–H and O–H groups in total. The summed E-state index contributed by atoms with van der Waals surface area (Å²) in [7, 11) is 1.35. The average Bonchev–Trinajstić information content (AvgIpc) is 3.73. The van der Waals surface area contributed by atoms with Crippen LogP contribution in [0.25, 0.3) is 27.6 Å². The van der Waals surface area contributed by atoms with Gasteiger partial charge in [0, 0.05) is 17.1 Å². The zero-order valence-corrected chi connectivity index (χ0v) is 22.6. The summed E-state index contributed by atoms with van der Waals surface area (Å²) in [5.74, 6) is 0.0383. The van der Waals surface area contributed by atoms with Crippen molar-refractivity contribution in [3.63, 3.8) is 0 Å². The third-order valence-electron chi connectivity index (χ3n) is 6.63. The second-order valence-electron chi connectivity index (χ2n) is 9.24. The fourth-order valence-electron chi connectivity index (χ4n) is 4.70. The van der Waals surface area contributed by atoms with Crippen molar-refractivity contribution >= 4 is 62.8 Å². The van der Waals surface area contributed by atoms with E-state index in [0.29, 0.717) is 28.0 Å². The molecule has 0 radical (unpaired) electrons. The number of rotatable bonds is 8. The van der Waals surface area contributed by atoms with Crippen LogP contribution in [0, 0.1) is 0 Å². The van der Waals surface area contributed by atoms with Crippen molar-refractivity contribution < 1.29 is 14.4 Å². The highest BCUT2D eigenvalue weighted by Gasteiger charge is 2.26. The largest absolute Gasteiger partial charge is 0.324 e. The third kappa shape index (κ3) is 5.08. The van der Waals surface area contributed by atoms with Gasteiger partial charge in [-0.1, -0.05) is 53.7 Å². The number of anilines is 1. The molecule has 0 aliphatic heterocycles. The molecule has 1 fully saturated rings. The number of halogens is 1. The predicted octanol–water partition coefficient (Wildman–Crippen LogP) is 6.13. The van der Waals surface area contributed by atoms with Crippen LogP contribution in [-0.4, -0.2) is 39.2 Å². The zero-order chi connectivity index (χ0) is 26.9. The molecule has 0 atom stereocenters. The minimum atomic E-state index is -0.432. The Labute approximate surface area is 233 Å². The number of thioether (sulfide) groups is 1. The van der Waals surface area contributed by atoms with Crippen LogP contribution in [0.15, 0.2) is 78.1 Å². The van der Waals surface area contributed by atoms with Gasteiger partial charge < -0.3 is 5.32 Å². The van der Waals surface area contributed by atoms with Gasteiger partial charge >= 0.3 is 0 Å². The quantitative estimate of drug-likeness (QED) is 0.176. The number of hydrogen-bond donors (Lipinski definition) is 2. The molecule has 1 aliphatic carbocycles. The number of aromatic nitrogens is 3. The summed E-state index contributed by atoms with van der Waals surface area (Å²) in [5, 5.41) is 6.12. The molecule has 0 saturated heterocycles. The predicted molar refractivity (Wildman–Crippen MR) is 154 cm³/mol. The first-order valence-corrected chi connectivity index (χ1v) is 13.8. The molecule has 1 aliphatic rings. The molecule has 10 heteroatoms. The van der Waals surface area contributed by atoms with Gasteiger partial charge in [-0.2, -0.15) is 0 Å². The average molecular weight is 558 g/mol.